The molecule has 0 aliphatic rings. The Morgan fingerprint density at radius 2 is 1.89 bits per heavy atom. The summed E-state index contributed by atoms with van der Waals surface area (Å²) in [6.45, 7) is 11.8. The summed E-state index contributed by atoms with van der Waals surface area (Å²) in [6.07, 6.45) is 3.26. The first kappa shape index (κ1) is 15.2. The maximum absolute atomic E-state index is 5.41. The Morgan fingerprint density at radius 1 is 1.17 bits per heavy atom. The minimum absolute atomic E-state index is 0.270. The molecule has 0 fully saturated rings. The van der Waals surface area contributed by atoms with E-state index in [9.17, 15) is 0 Å². The molecular formula is C14H27N3O. The van der Waals surface area contributed by atoms with Gasteiger partial charge in [0.1, 0.15) is 0 Å². The Morgan fingerprint density at radius 3 is 2.44 bits per heavy atom. The summed E-state index contributed by atoms with van der Waals surface area (Å²) < 4.78 is 5.41. The zero-order chi connectivity index (χ0) is 13.5. The van der Waals surface area contributed by atoms with Crippen molar-refractivity contribution in [2.45, 2.75) is 71.8 Å². The quantitative estimate of drug-likeness (QED) is 0.770. The van der Waals surface area contributed by atoms with Crippen molar-refractivity contribution in [3.8, 4) is 0 Å². The number of hydrogen-bond donors (Lipinski definition) is 1. The van der Waals surface area contributed by atoms with Crippen molar-refractivity contribution < 1.29 is 4.52 Å². The number of nitrogens with zero attached hydrogens (tertiary/aromatic N) is 2. The van der Waals surface area contributed by atoms with Crippen LogP contribution in [0.5, 0.6) is 0 Å². The first-order valence-corrected chi connectivity index (χ1v) is 7.20. The third kappa shape index (κ3) is 3.80. The Kier molecular flexibility index (Phi) is 6.33. The van der Waals surface area contributed by atoms with Crippen LogP contribution >= 0.6 is 0 Å². The van der Waals surface area contributed by atoms with Crippen molar-refractivity contribution in [1.82, 2.24) is 15.5 Å². The smallest absolute Gasteiger partial charge is 0.231 e. The van der Waals surface area contributed by atoms with Crippen molar-refractivity contribution in [3.63, 3.8) is 0 Å². The zero-order valence-electron chi connectivity index (χ0n) is 12.4. The van der Waals surface area contributed by atoms with Gasteiger partial charge in [-0.2, -0.15) is 4.98 Å². The average molecular weight is 253 g/mol. The van der Waals surface area contributed by atoms with Gasteiger partial charge >= 0.3 is 0 Å². The highest BCUT2D eigenvalue weighted by molar-refractivity contribution is 5.00. The second-order valence-corrected chi connectivity index (χ2v) is 5.06. The van der Waals surface area contributed by atoms with Crippen LogP contribution in [-0.4, -0.2) is 22.7 Å². The zero-order valence-corrected chi connectivity index (χ0v) is 12.4. The van der Waals surface area contributed by atoms with Crippen LogP contribution in [0.2, 0.25) is 0 Å². The van der Waals surface area contributed by atoms with Gasteiger partial charge in [0, 0.05) is 12.0 Å². The van der Waals surface area contributed by atoms with Crippen LogP contribution in [0.3, 0.4) is 0 Å². The molecule has 1 rings (SSSR count). The molecule has 1 N–H and O–H groups in total. The predicted molar refractivity (Wildman–Crippen MR) is 73.8 cm³/mol. The number of aromatic nitrogens is 2. The Hall–Kier alpha value is -0.900. The summed E-state index contributed by atoms with van der Waals surface area (Å²) >= 11 is 0. The van der Waals surface area contributed by atoms with E-state index in [1.165, 1.54) is 0 Å². The first-order chi connectivity index (χ1) is 8.63. The maximum atomic E-state index is 5.41. The molecule has 1 heterocycles. The van der Waals surface area contributed by atoms with Crippen molar-refractivity contribution in [2.24, 2.45) is 0 Å². The van der Waals surface area contributed by atoms with Crippen molar-refractivity contribution in [2.75, 3.05) is 6.54 Å². The standard InChI is InChI=1S/C14H27N3O/c1-6-9-15-12(8-3)11(5)14-16-13(17-18-14)10(4)7-2/h10-12,15H,6-9H2,1-5H3. The second-order valence-electron chi connectivity index (χ2n) is 5.06. The number of hydrogen-bond acceptors (Lipinski definition) is 4. The third-order valence-corrected chi connectivity index (χ3v) is 3.60. The van der Waals surface area contributed by atoms with Gasteiger partial charge < -0.3 is 9.84 Å². The lowest BCUT2D eigenvalue weighted by Crippen LogP contribution is -2.33. The largest absolute Gasteiger partial charge is 0.339 e. The van der Waals surface area contributed by atoms with Crippen LogP contribution in [0.1, 0.15) is 77.4 Å². The summed E-state index contributed by atoms with van der Waals surface area (Å²) in [7, 11) is 0. The summed E-state index contributed by atoms with van der Waals surface area (Å²) in [5.74, 6) is 2.25. The van der Waals surface area contributed by atoms with E-state index in [1.807, 2.05) is 0 Å². The van der Waals surface area contributed by atoms with Crippen LogP contribution in [-0.2, 0) is 0 Å². The van der Waals surface area contributed by atoms with Gasteiger partial charge in [-0.15, -0.1) is 0 Å². The van der Waals surface area contributed by atoms with E-state index < -0.39 is 0 Å². The average Bonchev–Trinajstić information content (AvgIpc) is 2.88. The van der Waals surface area contributed by atoms with Crippen LogP contribution in [0.4, 0.5) is 0 Å². The van der Waals surface area contributed by atoms with E-state index in [0.717, 1.165) is 37.5 Å². The van der Waals surface area contributed by atoms with E-state index >= 15 is 0 Å². The molecule has 18 heavy (non-hydrogen) atoms. The molecule has 0 saturated carbocycles. The highest BCUT2D eigenvalue weighted by atomic mass is 16.5. The molecule has 1 aromatic heterocycles. The van der Waals surface area contributed by atoms with Crippen LogP contribution < -0.4 is 5.32 Å². The molecular weight excluding hydrogens is 226 g/mol. The summed E-state index contributed by atoms with van der Waals surface area (Å²) in [4.78, 5) is 4.54. The van der Waals surface area contributed by atoms with Gasteiger partial charge in [0.2, 0.25) is 5.89 Å². The van der Waals surface area contributed by atoms with E-state index in [1.54, 1.807) is 0 Å². The van der Waals surface area contributed by atoms with Crippen molar-refractivity contribution >= 4 is 0 Å². The monoisotopic (exact) mass is 253 g/mol. The molecule has 0 amide bonds. The topological polar surface area (TPSA) is 51.0 Å². The molecule has 4 nitrogen and oxygen atoms in total. The molecule has 3 atom stereocenters. The molecule has 4 heteroatoms. The fraction of sp³-hybridized carbons (Fsp3) is 0.857. The van der Waals surface area contributed by atoms with Gasteiger partial charge in [0.15, 0.2) is 5.82 Å². The lowest BCUT2D eigenvalue weighted by atomic mass is 9.99. The molecule has 1 aromatic rings. The van der Waals surface area contributed by atoms with Crippen molar-refractivity contribution in [3.05, 3.63) is 11.7 Å². The highest BCUT2D eigenvalue weighted by Crippen LogP contribution is 2.22. The minimum Gasteiger partial charge on any atom is -0.339 e. The van der Waals surface area contributed by atoms with Gasteiger partial charge in [0.05, 0.1) is 5.92 Å². The lowest BCUT2D eigenvalue weighted by molar-refractivity contribution is 0.316. The summed E-state index contributed by atoms with van der Waals surface area (Å²) in [5.41, 5.74) is 0. The van der Waals surface area contributed by atoms with Crippen LogP contribution in [0.25, 0.3) is 0 Å². The summed E-state index contributed by atoms with van der Waals surface area (Å²) in [6, 6.07) is 0.412. The maximum Gasteiger partial charge on any atom is 0.231 e. The molecule has 104 valence electrons. The molecule has 0 bridgehead atoms. The van der Waals surface area contributed by atoms with Crippen molar-refractivity contribution in [1.29, 1.82) is 0 Å². The fourth-order valence-electron chi connectivity index (χ4n) is 1.99. The Labute approximate surface area is 111 Å². The number of nitrogens with one attached hydrogen (secondary N) is 1. The molecule has 0 saturated heterocycles. The molecule has 0 aliphatic carbocycles. The predicted octanol–water partition coefficient (Wildman–Crippen LogP) is 3.46. The highest BCUT2D eigenvalue weighted by Gasteiger charge is 2.23. The van der Waals surface area contributed by atoms with Gasteiger partial charge in [-0.1, -0.05) is 39.8 Å². The third-order valence-electron chi connectivity index (χ3n) is 3.60. The van der Waals surface area contributed by atoms with Gasteiger partial charge in [-0.25, -0.2) is 0 Å². The van der Waals surface area contributed by atoms with Gasteiger partial charge in [-0.3, -0.25) is 0 Å². The minimum atomic E-state index is 0.270. The normalized spacial score (nSPS) is 16.5. The Bertz CT molecular complexity index is 338. The van der Waals surface area contributed by atoms with E-state index in [2.05, 4.69) is 50.1 Å². The molecule has 0 aliphatic heterocycles. The molecule has 3 unspecified atom stereocenters. The summed E-state index contributed by atoms with van der Waals surface area (Å²) in [5, 5.41) is 7.63. The van der Waals surface area contributed by atoms with E-state index in [4.69, 9.17) is 4.52 Å². The van der Waals surface area contributed by atoms with Gasteiger partial charge in [0.25, 0.3) is 0 Å². The van der Waals surface area contributed by atoms with Gasteiger partial charge in [-0.05, 0) is 25.8 Å². The fourth-order valence-corrected chi connectivity index (χ4v) is 1.99. The molecule has 0 radical (unpaired) electrons. The molecule has 0 spiro atoms. The first-order valence-electron chi connectivity index (χ1n) is 7.20. The number of rotatable bonds is 8. The van der Waals surface area contributed by atoms with E-state index in [-0.39, 0.29) is 5.92 Å². The molecule has 0 aromatic carbocycles. The Balaban J connectivity index is 2.69. The SMILES string of the molecule is CCCNC(CC)C(C)c1nc(C(C)CC)no1. The lowest BCUT2D eigenvalue weighted by Gasteiger charge is -2.20. The van der Waals surface area contributed by atoms with E-state index in [0.29, 0.717) is 12.0 Å². The second kappa shape index (κ2) is 7.52. The van der Waals surface area contributed by atoms with Crippen LogP contribution in [0.15, 0.2) is 4.52 Å². The van der Waals surface area contributed by atoms with Crippen LogP contribution in [0, 0.1) is 0 Å².